The van der Waals surface area contributed by atoms with E-state index in [0.29, 0.717) is 12.4 Å². The summed E-state index contributed by atoms with van der Waals surface area (Å²) in [6.07, 6.45) is 0.282. The van der Waals surface area contributed by atoms with E-state index in [9.17, 15) is 19.2 Å². The molecule has 3 N–H and O–H groups in total. The molecule has 2 heterocycles. The first-order valence-corrected chi connectivity index (χ1v) is 11.2. The van der Waals surface area contributed by atoms with Crippen LogP contribution in [0.5, 0.6) is 0 Å². The fourth-order valence-electron chi connectivity index (χ4n) is 3.41. The molecule has 35 heavy (non-hydrogen) atoms. The molecule has 2 aromatic rings. The van der Waals surface area contributed by atoms with Gasteiger partial charge in [-0.2, -0.15) is 0 Å². The maximum Gasteiger partial charge on any atom is 0.274 e. The van der Waals surface area contributed by atoms with E-state index in [4.69, 9.17) is 14.0 Å². The van der Waals surface area contributed by atoms with Crippen LogP contribution in [0.25, 0.3) is 0 Å². The molecule has 1 aromatic carbocycles. The van der Waals surface area contributed by atoms with Crippen LogP contribution in [0, 0.1) is 6.92 Å². The minimum absolute atomic E-state index is 0.0141. The number of carbonyl (C=O) groups is 4. The first-order chi connectivity index (χ1) is 16.6. The Labute approximate surface area is 202 Å². The number of benzene rings is 1. The van der Waals surface area contributed by atoms with Crippen molar-refractivity contribution in [3.8, 4) is 0 Å². The number of epoxide rings is 1. The van der Waals surface area contributed by atoms with Crippen molar-refractivity contribution in [3.63, 3.8) is 0 Å². The number of rotatable bonds is 12. The first kappa shape index (κ1) is 26.0. The van der Waals surface area contributed by atoms with Gasteiger partial charge in [-0.15, -0.1) is 0 Å². The summed E-state index contributed by atoms with van der Waals surface area (Å²) in [5, 5.41) is 11.4. The maximum atomic E-state index is 13.0. The van der Waals surface area contributed by atoms with Crippen LogP contribution in [0.2, 0.25) is 0 Å². The molecule has 1 aliphatic heterocycles. The average Bonchev–Trinajstić information content (AvgIpc) is 3.43. The second-order valence-electron chi connectivity index (χ2n) is 8.67. The molecule has 4 atom stereocenters. The predicted octanol–water partition coefficient (Wildman–Crippen LogP) is 0.318. The molecular weight excluding hydrogens is 456 g/mol. The Kier molecular flexibility index (Phi) is 8.36. The number of methoxy groups -OCH3 is 1. The molecule has 3 rings (SSSR count). The average molecular weight is 487 g/mol. The summed E-state index contributed by atoms with van der Waals surface area (Å²) in [5.41, 5.74) is -0.0368. The fraction of sp³-hybridized carbons (Fsp3) is 0.458. The van der Waals surface area contributed by atoms with E-state index in [-0.39, 0.29) is 24.5 Å². The third kappa shape index (κ3) is 6.96. The van der Waals surface area contributed by atoms with Gasteiger partial charge >= 0.3 is 0 Å². The molecule has 11 heteroatoms. The topological polar surface area (TPSA) is 152 Å². The van der Waals surface area contributed by atoms with Gasteiger partial charge in [0, 0.05) is 13.2 Å². The minimum Gasteiger partial charge on any atom is -0.382 e. The van der Waals surface area contributed by atoms with E-state index in [0.717, 1.165) is 5.56 Å². The minimum atomic E-state index is -1.08. The summed E-state index contributed by atoms with van der Waals surface area (Å²) in [4.78, 5) is 51.0. The molecule has 1 fully saturated rings. The molecule has 11 nitrogen and oxygen atoms in total. The maximum absolute atomic E-state index is 13.0. The summed E-state index contributed by atoms with van der Waals surface area (Å²) in [5.74, 6) is -1.60. The van der Waals surface area contributed by atoms with Crippen molar-refractivity contribution in [3.05, 3.63) is 53.4 Å². The van der Waals surface area contributed by atoms with Gasteiger partial charge < -0.3 is 29.9 Å². The zero-order valence-electron chi connectivity index (χ0n) is 20.1. The van der Waals surface area contributed by atoms with Crippen LogP contribution >= 0.6 is 0 Å². The number of hydrogen-bond acceptors (Lipinski definition) is 8. The normalized spacial score (nSPS) is 19.2. The standard InChI is InChI=1S/C24H30N4O7/c1-14-10-18(28-35-14)22(31)27-19(12-33-4)23(32)25-15(2)21(30)26-17(20(29)24(3)13-34-24)11-16-8-6-5-7-9-16/h5-10,15,17,19H,11-13H2,1-4H3,(H,25,32)(H,26,30)(H,27,31). The predicted molar refractivity (Wildman–Crippen MR) is 123 cm³/mol. The molecule has 0 bridgehead atoms. The van der Waals surface area contributed by atoms with Crippen molar-refractivity contribution in [2.24, 2.45) is 0 Å². The van der Waals surface area contributed by atoms with Crippen molar-refractivity contribution in [2.45, 2.75) is 50.9 Å². The van der Waals surface area contributed by atoms with Gasteiger partial charge in [-0.05, 0) is 32.8 Å². The number of carbonyl (C=O) groups excluding carboxylic acids is 4. The van der Waals surface area contributed by atoms with Crippen LogP contribution in [0.3, 0.4) is 0 Å². The fourth-order valence-corrected chi connectivity index (χ4v) is 3.41. The van der Waals surface area contributed by atoms with Gasteiger partial charge in [-0.3, -0.25) is 19.2 Å². The van der Waals surface area contributed by atoms with Crippen molar-refractivity contribution < 1.29 is 33.2 Å². The van der Waals surface area contributed by atoms with Crippen LogP contribution in [0.15, 0.2) is 40.9 Å². The number of ether oxygens (including phenoxy) is 2. The first-order valence-electron chi connectivity index (χ1n) is 11.2. The Morgan fingerprint density at radius 2 is 1.77 bits per heavy atom. The lowest BCUT2D eigenvalue weighted by Gasteiger charge is -2.24. The van der Waals surface area contributed by atoms with E-state index >= 15 is 0 Å². The second-order valence-corrected chi connectivity index (χ2v) is 8.67. The lowest BCUT2D eigenvalue weighted by Crippen LogP contribution is -2.56. The van der Waals surface area contributed by atoms with Crippen LogP contribution in [-0.4, -0.2) is 72.7 Å². The zero-order chi connectivity index (χ0) is 25.6. The summed E-state index contributed by atoms with van der Waals surface area (Å²) in [6.45, 7) is 4.96. The Balaban J connectivity index is 1.62. The van der Waals surface area contributed by atoms with E-state index in [1.165, 1.54) is 20.1 Å². The molecule has 3 amide bonds. The Bertz CT molecular complexity index is 1060. The van der Waals surface area contributed by atoms with Gasteiger partial charge in [-0.25, -0.2) is 0 Å². The largest absolute Gasteiger partial charge is 0.382 e. The number of ketones is 1. The van der Waals surface area contributed by atoms with Crippen LogP contribution in [-0.2, 0) is 30.3 Å². The number of nitrogens with zero attached hydrogens (tertiary/aromatic N) is 1. The molecule has 0 aliphatic carbocycles. The molecular formula is C24H30N4O7. The number of amides is 3. The number of hydrogen-bond donors (Lipinski definition) is 3. The highest BCUT2D eigenvalue weighted by atomic mass is 16.6. The number of nitrogens with one attached hydrogen (secondary N) is 3. The lowest BCUT2D eigenvalue weighted by atomic mass is 9.94. The van der Waals surface area contributed by atoms with E-state index in [1.54, 1.807) is 13.8 Å². The molecule has 0 saturated carbocycles. The van der Waals surface area contributed by atoms with Crippen LogP contribution < -0.4 is 16.0 Å². The second kappa shape index (κ2) is 11.2. The summed E-state index contributed by atoms with van der Waals surface area (Å²) in [7, 11) is 1.38. The van der Waals surface area contributed by atoms with Crippen molar-refractivity contribution in [2.75, 3.05) is 20.3 Å². The molecule has 1 aromatic heterocycles. The summed E-state index contributed by atoms with van der Waals surface area (Å²) in [6, 6.07) is 7.81. The van der Waals surface area contributed by atoms with Gasteiger partial charge in [0.25, 0.3) is 5.91 Å². The van der Waals surface area contributed by atoms with E-state index in [1.807, 2.05) is 30.3 Å². The molecule has 0 radical (unpaired) electrons. The van der Waals surface area contributed by atoms with Gasteiger partial charge in [0.15, 0.2) is 11.5 Å². The quantitative estimate of drug-likeness (QED) is 0.363. The zero-order valence-corrected chi connectivity index (χ0v) is 20.1. The monoisotopic (exact) mass is 486 g/mol. The van der Waals surface area contributed by atoms with Crippen molar-refractivity contribution in [1.29, 1.82) is 0 Å². The highest BCUT2D eigenvalue weighted by molar-refractivity contribution is 5.99. The highest BCUT2D eigenvalue weighted by Crippen LogP contribution is 2.29. The lowest BCUT2D eigenvalue weighted by molar-refractivity contribution is -0.133. The van der Waals surface area contributed by atoms with Crippen LogP contribution in [0.4, 0.5) is 0 Å². The Hall–Kier alpha value is -3.57. The molecule has 188 valence electrons. The summed E-state index contributed by atoms with van der Waals surface area (Å²) >= 11 is 0. The number of aryl methyl sites for hydroxylation is 1. The third-order valence-electron chi connectivity index (χ3n) is 5.58. The van der Waals surface area contributed by atoms with Crippen molar-refractivity contribution in [1.82, 2.24) is 21.1 Å². The van der Waals surface area contributed by atoms with Gasteiger partial charge in [0.05, 0.1) is 19.3 Å². The van der Waals surface area contributed by atoms with Crippen molar-refractivity contribution >= 4 is 23.5 Å². The molecule has 4 unspecified atom stereocenters. The van der Waals surface area contributed by atoms with E-state index in [2.05, 4.69) is 21.1 Å². The van der Waals surface area contributed by atoms with Gasteiger partial charge in [-0.1, -0.05) is 35.5 Å². The van der Waals surface area contributed by atoms with Gasteiger partial charge in [0.1, 0.15) is 23.4 Å². The van der Waals surface area contributed by atoms with Gasteiger partial charge in [0.2, 0.25) is 11.8 Å². The molecule has 1 saturated heterocycles. The Morgan fingerprint density at radius 1 is 1.09 bits per heavy atom. The SMILES string of the molecule is COCC(NC(=O)c1cc(C)on1)C(=O)NC(C)C(=O)NC(Cc1ccccc1)C(=O)C1(C)CO1. The number of Topliss-reactive ketones (excluding diaryl/α,β-unsaturated/α-hetero) is 1. The Morgan fingerprint density at radius 3 is 2.34 bits per heavy atom. The smallest absolute Gasteiger partial charge is 0.274 e. The molecule has 1 aliphatic rings. The molecule has 0 spiro atoms. The van der Waals surface area contributed by atoms with Crippen LogP contribution in [0.1, 0.15) is 35.7 Å². The summed E-state index contributed by atoms with van der Waals surface area (Å²) < 4.78 is 15.2. The highest BCUT2D eigenvalue weighted by Gasteiger charge is 2.50. The number of aromatic nitrogens is 1. The third-order valence-corrected chi connectivity index (χ3v) is 5.58. The van der Waals surface area contributed by atoms with E-state index < -0.39 is 41.4 Å².